The highest BCUT2D eigenvalue weighted by molar-refractivity contribution is 8.00. The van der Waals surface area contributed by atoms with E-state index >= 15 is 0 Å². The standard InChI is InChI=1S/C11H22O3S/c1-8(2)9(10(12)13)15-7-6-14-11(3,4)5/h8-9H,6-7H2,1-5H3,(H,12,13). The van der Waals surface area contributed by atoms with Gasteiger partial charge >= 0.3 is 5.97 Å². The van der Waals surface area contributed by atoms with E-state index in [-0.39, 0.29) is 16.8 Å². The highest BCUT2D eigenvalue weighted by Crippen LogP contribution is 2.20. The van der Waals surface area contributed by atoms with Crippen molar-refractivity contribution in [1.82, 2.24) is 0 Å². The fourth-order valence-electron chi connectivity index (χ4n) is 1.07. The minimum Gasteiger partial charge on any atom is -0.480 e. The van der Waals surface area contributed by atoms with Gasteiger partial charge in [0.1, 0.15) is 5.25 Å². The summed E-state index contributed by atoms with van der Waals surface area (Å²) in [5.41, 5.74) is -0.142. The van der Waals surface area contributed by atoms with Crippen LogP contribution in [-0.4, -0.2) is 34.3 Å². The Morgan fingerprint density at radius 3 is 2.27 bits per heavy atom. The summed E-state index contributed by atoms with van der Waals surface area (Å²) in [6.07, 6.45) is 0. The summed E-state index contributed by atoms with van der Waals surface area (Å²) in [4.78, 5) is 10.9. The van der Waals surface area contributed by atoms with Crippen molar-refractivity contribution >= 4 is 17.7 Å². The molecule has 0 rings (SSSR count). The molecule has 0 aromatic carbocycles. The molecule has 4 heteroatoms. The van der Waals surface area contributed by atoms with Gasteiger partial charge in [0, 0.05) is 5.75 Å². The lowest BCUT2D eigenvalue weighted by atomic mass is 10.1. The Morgan fingerprint density at radius 1 is 1.40 bits per heavy atom. The molecular weight excluding hydrogens is 212 g/mol. The molecule has 0 amide bonds. The number of hydrogen-bond acceptors (Lipinski definition) is 3. The fraction of sp³-hybridized carbons (Fsp3) is 0.909. The maximum absolute atomic E-state index is 10.9. The van der Waals surface area contributed by atoms with Gasteiger partial charge in [-0.15, -0.1) is 11.8 Å². The second-order valence-electron chi connectivity index (χ2n) is 4.83. The Labute approximate surface area is 96.6 Å². The number of hydrogen-bond donors (Lipinski definition) is 1. The SMILES string of the molecule is CC(C)C(SCCOC(C)(C)C)C(=O)O. The molecule has 15 heavy (non-hydrogen) atoms. The van der Waals surface area contributed by atoms with Crippen molar-refractivity contribution in [2.24, 2.45) is 5.92 Å². The van der Waals surface area contributed by atoms with Gasteiger partial charge in [0.05, 0.1) is 12.2 Å². The number of carboxylic acids is 1. The number of carboxylic acid groups (broad SMARTS) is 1. The molecule has 3 nitrogen and oxygen atoms in total. The number of rotatable bonds is 6. The van der Waals surface area contributed by atoms with E-state index in [4.69, 9.17) is 9.84 Å². The minimum absolute atomic E-state index is 0.142. The van der Waals surface area contributed by atoms with Crippen LogP contribution in [0.4, 0.5) is 0 Å². The van der Waals surface area contributed by atoms with E-state index in [1.54, 1.807) is 0 Å². The monoisotopic (exact) mass is 234 g/mol. The first-order valence-electron chi connectivity index (χ1n) is 5.22. The highest BCUT2D eigenvalue weighted by atomic mass is 32.2. The predicted octanol–water partition coefficient (Wildman–Crippen LogP) is 2.64. The zero-order chi connectivity index (χ0) is 12.1. The summed E-state index contributed by atoms with van der Waals surface area (Å²) in [6.45, 7) is 10.4. The van der Waals surface area contributed by atoms with E-state index in [2.05, 4.69) is 0 Å². The molecule has 0 aliphatic rings. The molecule has 0 aliphatic carbocycles. The Morgan fingerprint density at radius 2 is 1.93 bits per heavy atom. The molecule has 0 aromatic rings. The van der Waals surface area contributed by atoms with Crippen LogP contribution in [0.15, 0.2) is 0 Å². The Balaban J connectivity index is 3.78. The first-order chi connectivity index (χ1) is 6.74. The Kier molecular flexibility index (Phi) is 6.29. The fourth-order valence-corrected chi connectivity index (χ4v) is 2.03. The van der Waals surface area contributed by atoms with Gasteiger partial charge in [-0.2, -0.15) is 0 Å². The summed E-state index contributed by atoms with van der Waals surface area (Å²) < 4.78 is 5.53. The van der Waals surface area contributed by atoms with Crippen molar-refractivity contribution in [1.29, 1.82) is 0 Å². The van der Waals surface area contributed by atoms with Crippen LogP contribution in [0.25, 0.3) is 0 Å². The van der Waals surface area contributed by atoms with E-state index in [0.29, 0.717) is 6.61 Å². The minimum atomic E-state index is -0.731. The molecule has 0 heterocycles. The van der Waals surface area contributed by atoms with Gasteiger partial charge < -0.3 is 9.84 Å². The molecule has 0 fully saturated rings. The average molecular weight is 234 g/mol. The van der Waals surface area contributed by atoms with E-state index in [9.17, 15) is 4.79 Å². The zero-order valence-corrected chi connectivity index (χ0v) is 11.1. The van der Waals surface area contributed by atoms with Crippen molar-refractivity contribution < 1.29 is 14.6 Å². The van der Waals surface area contributed by atoms with Crippen molar-refractivity contribution in [2.45, 2.75) is 45.5 Å². The van der Waals surface area contributed by atoms with Crippen LogP contribution in [0, 0.1) is 5.92 Å². The van der Waals surface area contributed by atoms with E-state index < -0.39 is 5.97 Å². The average Bonchev–Trinajstić information content (AvgIpc) is 2.00. The second-order valence-corrected chi connectivity index (χ2v) is 6.08. The maximum atomic E-state index is 10.9. The lowest BCUT2D eigenvalue weighted by Gasteiger charge is -2.21. The normalized spacial score (nSPS) is 14.3. The van der Waals surface area contributed by atoms with Crippen LogP contribution in [0.2, 0.25) is 0 Å². The summed E-state index contributed by atoms with van der Waals surface area (Å²) >= 11 is 1.45. The lowest BCUT2D eigenvalue weighted by molar-refractivity contribution is -0.137. The highest BCUT2D eigenvalue weighted by Gasteiger charge is 2.21. The number of ether oxygens (including phenoxy) is 1. The van der Waals surface area contributed by atoms with Crippen molar-refractivity contribution in [2.75, 3.05) is 12.4 Å². The molecule has 0 saturated heterocycles. The van der Waals surface area contributed by atoms with Gasteiger partial charge in [-0.05, 0) is 26.7 Å². The Hall–Kier alpha value is -0.220. The first kappa shape index (κ1) is 14.8. The molecule has 0 saturated carbocycles. The molecule has 0 bridgehead atoms. The molecule has 0 spiro atoms. The van der Waals surface area contributed by atoms with Crippen LogP contribution in [0.5, 0.6) is 0 Å². The van der Waals surface area contributed by atoms with Crippen LogP contribution in [0.1, 0.15) is 34.6 Å². The lowest BCUT2D eigenvalue weighted by Crippen LogP contribution is -2.25. The first-order valence-corrected chi connectivity index (χ1v) is 6.27. The van der Waals surface area contributed by atoms with Crippen molar-refractivity contribution in [3.63, 3.8) is 0 Å². The van der Waals surface area contributed by atoms with Crippen LogP contribution in [0.3, 0.4) is 0 Å². The molecule has 0 aromatic heterocycles. The maximum Gasteiger partial charge on any atom is 0.316 e. The van der Waals surface area contributed by atoms with Gasteiger partial charge in [-0.3, -0.25) is 4.79 Å². The van der Waals surface area contributed by atoms with E-state index in [0.717, 1.165) is 5.75 Å². The van der Waals surface area contributed by atoms with Crippen LogP contribution >= 0.6 is 11.8 Å². The molecule has 1 N–H and O–H groups in total. The molecule has 1 atom stereocenters. The Bertz CT molecular complexity index is 196. The second kappa shape index (κ2) is 6.38. The van der Waals surface area contributed by atoms with Crippen LogP contribution < -0.4 is 0 Å². The molecule has 0 radical (unpaired) electrons. The van der Waals surface area contributed by atoms with Gasteiger partial charge in [0.15, 0.2) is 0 Å². The number of carbonyl (C=O) groups is 1. The summed E-state index contributed by atoms with van der Waals surface area (Å²) in [6, 6.07) is 0. The van der Waals surface area contributed by atoms with Crippen LogP contribution in [-0.2, 0) is 9.53 Å². The quantitative estimate of drug-likeness (QED) is 0.718. The van der Waals surface area contributed by atoms with E-state index in [1.807, 2.05) is 34.6 Å². The summed E-state index contributed by atoms with van der Waals surface area (Å²) in [7, 11) is 0. The van der Waals surface area contributed by atoms with Gasteiger partial charge in [-0.1, -0.05) is 13.8 Å². The number of thioether (sulfide) groups is 1. The van der Waals surface area contributed by atoms with Crippen molar-refractivity contribution in [3.05, 3.63) is 0 Å². The summed E-state index contributed by atoms with van der Waals surface area (Å²) in [5, 5.41) is 8.62. The smallest absolute Gasteiger partial charge is 0.316 e. The van der Waals surface area contributed by atoms with E-state index in [1.165, 1.54) is 11.8 Å². The largest absolute Gasteiger partial charge is 0.480 e. The summed E-state index contributed by atoms with van der Waals surface area (Å²) in [5.74, 6) is 0.153. The predicted molar refractivity (Wildman–Crippen MR) is 64.4 cm³/mol. The third-order valence-corrected chi connectivity index (χ3v) is 3.27. The third kappa shape index (κ3) is 7.68. The molecule has 90 valence electrons. The third-order valence-electron chi connectivity index (χ3n) is 1.76. The topological polar surface area (TPSA) is 46.5 Å². The van der Waals surface area contributed by atoms with Gasteiger partial charge in [0.2, 0.25) is 0 Å². The number of aliphatic carboxylic acids is 1. The van der Waals surface area contributed by atoms with Gasteiger partial charge in [-0.25, -0.2) is 0 Å². The molecular formula is C11H22O3S. The van der Waals surface area contributed by atoms with Gasteiger partial charge in [0.25, 0.3) is 0 Å². The zero-order valence-electron chi connectivity index (χ0n) is 10.2. The molecule has 0 aliphatic heterocycles. The molecule has 1 unspecified atom stereocenters. The van der Waals surface area contributed by atoms with Crippen molar-refractivity contribution in [3.8, 4) is 0 Å².